The number of aliphatic hydroxyl groups is 1. The fraction of sp³-hybridized carbons (Fsp3) is 0.357. The van der Waals surface area contributed by atoms with Gasteiger partial charge in [-0.2, -0.15) is 5.10 Å². The van der Waals surface area contributed by atoms with Gasteiger partial charge in [0, 0.05) is 13.2 Å². The van der Waals surface area contributed by atoms with Gasteiger partial charge in [-0.25, -0.2) is 0 Å². The summed E-state index contributed by atoms with van der Waals surface area (Å²) in [5.41, 5.74) is 1.32. The maximum absolute atomic E-state index is 10.5. The molecule has 1 heterocycles. The van der Waals surface area contributed by atoms with Gasteiger partial charge in [0.2, 0.25) is 5.75 Å². The number of nitrogens with zero attached hydrogens (tertiary/aromatic N) is 2. The van der Waals surface area contributed by atoms with Crippen LogP contribution in [0, 0.1) is 0 Å². The number of methoxy groups -OCH3 is 3. The molecule has 0 amide bonds. The van der Waals surface area contributed by atoms with E-state index in [0.717, 1.165) is 0 Å². The maximum atomic E-state index is 10.5. The molecule has 0 saturated heterocycles. The topological polar surface area (TPSA) is 65.7 Å². The summed E-state index contributed by atoms with van der Waals surface area (Å²) in [5.74, 6) is 1.50. The van der Waals surface area contributed by atoms with Gasteiger partial charge in [-0.05, 0) is 23.8 Å². The molecule has 20 heavy (non-hydrogen) atoms. The molecule has 1 N–H and O–H groups in total. The summed E-state index contributed by atoms with van der Waals surface area (Å²) in [5, 5.41) is 14.5. The molecule has 1 aromatic heterocycles. The van der Waals surface area contributed by atoms with Crippen molar-refractivity contribution in [3.05, 3.63) is 35.7 Å². The zero-order valence-electron chi connectivity index (χ0n) is 12.0. The van der Waals surface area contributed by atoms with Crippen LogP contribution in [-0.4, -0.2) is 36.2 Å². The monoisotopic (exact) mass is 278 g/mol. The Balaban J connectivity index is 2.49. The van der Waals surface area contributed by atoms with Crippen LogP contribution in [0.2, 0.25) is 0 Å². The fourth-order valence-electron chi connectivity index (χ4n) is 2.08. The Hall–Kier alpha value is -2.21. The first-order valence-corrected chi connectivity index (χ1v) is 6.08. The number of benzene rings is 1. The molecule has 2 rings (SSSR count). The molecule has 1 atom stereocenters. The van der Waals surface area contributed by atoms with Gasteiger partial charge >= 0.3 is 0 Å². The molecule has 0 aliphatic heterocycles. The number of aromatic nitrogens is 2. The van der Waals surface area contributed by atoms with Crippen LogP contribution in [0.15, 0.2) is 24.4 Å². The lowest BCUT2D eigenvalue weighted by Crippen LogP contribution is -2.07. The van der Waals surface area contributed by atoms with Crippen molar-refractivity contribution in [2.24, 2.45) is 7.05 Å². The molecular formula is C14H18N2O4. The van der Waals surface area contributed by atoms with E-state index in [1.165, 1.54) is 21.3 Å². The van der Waals surface area contributed by atoms with E-state index in [1.54, 1.807) is 36.1 Å². The molecule has 0 bridgehead atoms. The predicted molar refractivity (Wildman–Crippen MR) is 73.4 cm³/mol. The summed E-state index contributed by atoms with van der Waals surface area (Å²) in [4.78, 5) is 0. The van der Waals surface area contributed by atoms with Gasteiger partial charge < -0.3 is 19.3 Å². The Morgan fingerprint density at radius 2 is 1.70 bits per heavy atom. The molecule has 1 unspecified atom stereocenters. The third-order valence-electron chi connectivity index (χ3n) is 3.14. The van der Waals surface area contributed by atoms with Crippen molar-refractivity contribution in [3.8, 4) is 17.2 Å². The van der Waals surface area contributed by atoms with E-state index >= 15 is 0 Å². The highest BCUT2D eigenvalue weighted by Gasteiger charge is 2.20. The molecule has 1 aromatic carbocycles. The Morgan fingerprint density at radius 1 is 1.10 bits per heavy atom. The standard InChI is InChI=1S/C14H18N2O4/c1-16-10(5-6-15-16)13(17)9-7-11(18-2)14(20-4)12(8-9)19-3/h5-8,13,17H,1-4H3. The van der Waals surface area contributed by atoms with Crippen molar-refractivity contribution < 1.29 is 19.3 Å². The highest BCUT2D eigenvalue weighted by molar-refractivity contribution is 5.54. The average molecular weight is 278 g/mol. The highest BCUT2D eigenvalue weighted by atomic mass is 16.5. The van der Waals surface area contributed by atoms with E-state index in [1.807, 2.05) is 0 Å². The van der Waals surface area contributed by atoms with Crippen LogP contribution in [0.1, 0.15) is 17.4 Å². The van der Waals surface area contributed by atoms with Gasteiger partial charge in [-0.15, -0.1) is 0 Å². The molecule has 6 heteroatoms. The third kappa shape index (κ3) is 2.42. The SMILES string of the molecule is COc1cc(C(O)c2ccnn2C)cc(OC)c1OC. The lowest BCUT2D eigenvalue weighted by molar-refractivity contribution is 0.208. The van der Waals surface area contributed by atoms with Crippen molar-refractivity contribution >= 4 is 0 Å². The van der Waals surface area contributed by atoms with Crippen LogP contribution < -0.4 is 14.2 Å². The number of rotatable bonds is 5. The first kappa shape index (κ1) is 14.2. The zero-order chi connectivity index (χ0) is 14.7. The first-order chi connectivity index (χ1) is 9.62. The van der Waals surface area contributed by atoms with E-state index in [2.05, 4.69) is 5.10 Å². The van der Waals surface area contributed by atoms with E-state index in [4.69, 9.17) is 14.2 Å². The Morgan fingerprint density at radius 3 is 2.10 bits per heavy atom. The van der Waals surface area contributed by atoms with Crippen LogP contribution in [-0.2, 0) is 7.05 Å². The lowest BCUT2D eigenvalue weighted by atomic mass is 10.1. The number of ether oxygens (including phenoxy) is 3. The summed E-state index contributed by atoms with van der Waals surface area (Å²) in [6.45, 7) is 0. The van der Waals surface area contributed by atoms with Crippen molar-refractivity contribution in [1.82, 2.24) is 9.78 Å². The molecule has 108 valence electrons. The summed E-state index contributed by atoms with van der Waals surface area (Å²) in [7, 11) is 6.39. The molecule has 0 spiro atoms. The number of aliphatic hydroxyl groups excluding tert-OH is 1. The van der Waals surface area contributed by atoms with Crippen molar-refractivity contribution in [1.29, 1.82) is 0 Å². The van der Waals surface area contributed by atoms with Crippen molar-refractivity contribution in [3.63, 3.8) is 0 Å². The van der Waals surface area contributed by atoms with Crippen LogP contribution in [0.25, 0.3) is 0 Å². The molecule has 0 radical (unpaired) electrons. The molecule has 0 fully saturated rings. The molecule has 0 aliphatic rings. The molecule has 6 nitrogen and oxygen atoms in total. The largest absolute Gasteiger partial charge is 0.493 e. The Labute approximate surface area is 117 Å². The van der Waals surface area contributed by atoms with Gasteiger partial charge in [0.25, 0.3) is 0 Å². The van der Waals surface area contributed by atoms with Gasteiger partial charge in [-0.3, -0.25) is 4.68 Å². The smallest absolute Gasteiger partial charge is 0.203 e. The maximum Gasteiger partial charge on any atom is 0.203 e. The van der Waals surface area contributed by atoms with E-state index in [0.29, 0.717) is 28.5 Å². The average Bonchev–Trinajstić information content (AvgIpc) is 2.90. The molecule has 0 aliphatic carbocycles. The van der Waals surface area contributed by atoms with Crippen molar-refractivity contribution in [2.45, 2.75) is 6.10 Å². The van der Waals surface area contributed by atoms with E-state index < -0.39 is 6.10 Å². The lowest BCUT2D eigenvalue weighted by Gasteiger charge is -2.17. The molecule has 0 saturated carbocycles. The minimum Gasteiger partial charge on any atom is -0.493 e. The summed E-state index contributed by atoms with van der Waals surface area (Å²) < 4.78 is 17.4. The molecular weight excluding hydrogens is 260 g/mol. The second kappa shape index (κ2) is 5.83. The summed E-state index contributed by atoms with van der Waals surface area (Å²) in [6, 6.07) is 5.20. The van der Waals surface area contributed by atoms with Gasteiger partial charge in [0.15, 0.2) is 11.5 Å². The minimum atomic E-state index is -0.823. The Bertz CT molecular complexity index is 570. The second-order valence-corrected chi connectivity index (χ2v) is 4.24. The van der Waals surface area contributed by atoms with Crippen LogP contribution in [0.4, 0.5) is 0 Å². The third-order valence-corrected chi connectivity index (χ3v) is 3.14. The second-order valence-electron chi connectivity index (χ2n) is 4.24. The van der Waals surface area contributed by atoms with E-state index in [9.17, 15) is 5.11 Å². The van der Waals surface area contributed by atoms with Crippen LogP contribution in [0.5, 0.6) is 17.2 Å². The fourth-order valence-corrected chi connectivity index (χ4v) is 2.08. The quantitative estimate of drug-likeness (QED) is 0.898. The summed E-state index contributed by atoms with van der Waals surface area (Å²) >= 11 is 0. The number of hydrogen-bond acceptors (Lipinski definition) is 5. The Kier molecular flexibility index (Phi) is 4.14. The van der Waals surface area contributed by atoms with E-state index in [-0.39, 0.29) is 0 Å². The zero-order valence-corrected chi connectivity index (χ0v) is 12.0. The van der Waals surface area contributed by atoms with Crippen LogP contribution in [0.3, 0.4) is 0 Å². The van der Waals surface area contributed by atoms with Gasteiger partial charge in [0.1, 0.15) is 6.10 Å². The number of aryl methyl sites for hydroxylation is 1. The normalized spacial score (nSPS) is 12.1. The van der Waals surface area contributed by atoms with Gasteiger partial charge in [0.05, 0.1) is 27.0 Å². The van der Waals surface area contributed by atoms with Crippen LogP contribution >= 0.6 is 0 Å². The highest BCUT2D eigenvalue weighted by Crippen LogP contribution is 2.40. The van der Waals surface area contributed by atoms with Crippen molar-refractivity contribution in [2.75, 3.05) is 21.3 Å². The summed E-state index contributed by atoms with van der Waals surface area (Å²) in [6.07, 6.45) is 0.812. The first-order valence-electron chi connectivity index (χ1n) is 6.08. The van der Waals surface area contributed by atoms with Gasteiger partial charge in [-0.1, -0.05) is 0 Å². The predicted octanol–water partition coefficient (Wildman–Crippen LogP) is 1.53. The minimum absolute atomic E-state index is 0.496. The molecule has 2 aromatic rings. The number of hydrogen-bond donors (Lipinski definition) is 1.